The Morgan fingerprint density at radius 2 is 1.68 bits per heavy atom. The number of nitrogen functional groups attached to an aromatic ring is 1. The molecule has 0 aliphatic carbocycles. The normalized spacial score (nSPS) is 15.5. The van der Waals surface area contributed by atoms with Crippen molar-refractivity contribution in [3.05, 3.63) is 82.9 Å². The molecule has 1 aromatic heterocycles. The van der Waals surface area contributed by atoms with E-state index < -0.39 is 49.3 Å². The van der Waals surface area contributed by atoms with Gasteiger partial charge in [0.1, 0.15) is 28.0 Å². The van der Waals surface area contributed by atoms with Gasteiger partial charge in [0.25, 0.3) is 0 Å². The molecule has 0 atom stereocenters. The van der Waals surface area contributed by atoms with Gasteiger partial charge in [0.15, 0.2) is 21.2 Å². The van der Waals surface area contributed by atoms with E-state index in [9.17, 15) is 22.0 Å². The Kier molecular flexibility index (Phi) is 5.68. The van der Waals surface area contributed by atoms with Crippen LogP contribution in [0, 0.1) is 17.5 Å². The number of ether oxygens (including phenoxy) is 1. The number of nitrogens with zero attached hydrogens (tertiary/aromatic N) is 2. The molecule has 0 amide bonds. The first kappa shape index (κ1) is 23.4. The van der Waals surface area contributed by atoms with E-state index in [1.807, 2.05) is 0 Å². The van der Waals surface area contributed by atoms with Crippen molar-refractivity contribution in [3.8, 4) is 0 Å². The van der Waals surface area contributed by atoms with Crippen LogP contribution < -0.4 is 5.73 Å². The molecule has 7 nitrogen and oxygen atoms in total. The molecule has 0 saturated carbocycles. The molecule has 0 radical (unpaired) electrons. The number of hydrogen-bond acceptors (Lipinski definition) is 7. The molecule has 2 aromatic carbocycles. The number of carbonyl (C=O) groups excluding carboxylic acids is 1. The summed E-state index contributed by atoms with van der Waals surface area (Å²) in [5.41, 5.74) is 3.60. The van der Waals surface area contributed by atoms with Gasteiger partial charge in [-0.05, 0) is 32.0 Å². The Bertz CT molecular complexity index is 1450. The summed E-state index contributed by atoms with van der Waals surface area (Å²) in [4.78, 5) is 19.8. The van der Waals surface area contributed by atoms with Crippen LogP contribution >= 0.6 is 0 Å². The van der Waals surface area contributed by atoms with Crippen molar-refractivity contribution in [2.24, 2.45) is 0 Å². The molecule has 1 aliphatic heterocycles. The third kappa shape index (κ3) is 4.03. The Morgan fingerprint density at radius 1 is 1.03 bits per heavy atom. The maximum absolute atomic E-state index is 15.6. The zero-order chi connectivity index (χ0) is 24.8. The van der Waals surface area contributed by atoms with Crippen LogP contribution in [0.15, 0.2) is 53.6 Å². The predicted molar refractivity (Wildman–Crippen MR) is 117 cm³/mol. The molecular weight excluding hydrogens is 471 g/mol. The second kappa shape index (κ2) is 8.24. The molecule has 2 heterocycles. The second-order valence-electron chi connectivity index (χ2n) is 8.03. The molecule has 1 aliphatic rings. The zero-order valence-electron chi connectivity index (χ0n) is 18.0. The maximum atomic E-state index is 15.6. The summed E-state index contributed by atoms with van der Waals surface area (Å²) in [6, 6.07) is 7.80. The first-order chi connectivity index (χ1) is 15.9. The second-order valence-corrected chi connectivity index (χ2v) is 9.96. The summed E-state index contributed by atoms with van der Waals surface area (Å²) in [7, 11) is -4.60. The lowest BCUT2D eigenvalue weighted by molar-refractivity contribution is -0.125. The molecule has 0 saturated heterocycles. The summed E-state index contributed by atoms with van der Waals surface area (Å²) in [6.07, 6.45) is 1.34. The summed E-state index contributed by atoms with van der Waals surface area (Å²) in [5, 5.41) is 0. The number of aromatic nitrogens is 2. The molecule has 34 heavy (non-hydrogen) atoms. The molecule has 176 valence electrons. The Labute approximate surface area is 193 Å². The largest absolute Gasteiger partial charge is 0.477 e. The summed E-state index contributed by atoms with van der Waals surface area (Å²) < 4.78 is 75.0. The topological polar surface area (TPSA) is 112 Å². The third-order valence-corrected chi connectivity index (χ3v) is 6.89. The molecule has 11 heteroatoms. The molecular formula is C23H18F3N3O4S. The molecule has 0 spiro atoms. The van der Waals surface area contributed by atoms with E-state index in [4.69, 9.17) is 10.5 Å². The van der Waals surface area contributed by atoms with E-state index in [-0.39, 0.29) is 34.1 Å². The van der Waals surface area contributed by atoms with Gasteiger partial charge in [-0.15, -0.1) is 0 Å². The van der Waals surface area contributed by atoms with E-state index in [1.165, 1.54) is 38.2 Å². The van der Waals surface area contributed by atoms with Gasteiger partial charge in [0.2, 0.25) is 11.7 Å². The van der Waals surface area contributed by atoms with Gasteiger partial charge in [0.05, 0.1) is 11.3 Å². The lowest BCUT2D eigenvalue weighted by Crippen LogP contribution is -2.29. The number of carbonyl (C=O) groups is 1. The van der Waals surface area contributed by atoms with Crippen molar-refractivity contribution in [1.29, 1.82) is 0 Å². The van der Waals surface area contributed by atoms with Crippen LogP contribution in [0.3, 0.4) is 0 Å². The molecule has 0 unspecified atom stereocenters. The number of Topliss-reactive ketones (excluding diaryl/α,β-unsaturated/α-hetero) is 1. The summed E-state index contributed by atoms with van der Waals surface area (Å²) in [5.74, 6) is -5.38. The number of anilines is 1. The fourth-order valence-electron chi connectivity index (χ4n) is 3.62. The van der Waals surface area contributed by atoms with Crippen molar-refractivity contribution < 1.29 is 31.1 Å². The number of sulfone groups is 1. The van der Waals surface area contributed by atoms with E-state index in [2.05, 4.69) is 9.97 Å². The molecule has 0 bridgehead atoms. The number of ketones is 1. The number of hydrogen-bond donors (Lipinski definition) is 1. The average Bonchev–Trinajstić information content (AvgIpc) is 2.98. The quantitative estimate of drug-likeness (QED) is 0.582. The van der Waals surface area contributed by atoms with Gasteiger partial charge < -0.3 is 10.5 Å². The van der Waals surface area contributed by atoms with Crippen LogP contribution in [0.5, 0.6) is 0 Å². The van der Waals surface area contributed by atoms with Gasteiger partial charge in [0, 0.05) is 17.3 Å². The van der Waals surface area contributed by atoms with Gasteiger partial charge in [-0.2, -0.15) is 0 Å². The van der Waals surface area contributed by atoms with Crippen molar-refractivity contribution in [3.63, 3.8) is 0 Å². The first-order valence-electron chi connectivity index (χ1n) is 9.94. The van der Waals surface area contributed by atoms with Gasteiger partial charge >= 0.3 is 0 Å². The monoisotopic (exact) mass is 489 g/mol. The van der Waals surface area contributed by atoms with Crippen molar-refractivity contribution >= 4 is 32.9 Å². The minimum Gasteiger partial charge on any atom is -0.477 e. The van der Waals surface area contributed by atoms with Crippen molar-refractivity contribution in [1.82, 2.24) is 9.97 Å². The minimum atomic E-state index is -4.60. The zero-order valence-corrected chi connectivity index (χ0v) is 18.8. The molecule has 4 rings (SSSR count). The fraction of sp³-hybridized carbons (Fsp3) is 0.174. The molecule has 3 aromatic rings. The number of rotatable bonds is 5. The standard InChI is InChI=1S/C23H18F3N3O4S/c1-23(2)21(30)17(19(33-23)16-9-10-28-22(27)29-16)13-6-3-5-12(18(13)26)11-34(31,32)20-14(24)7-4-8-15(20)25/h3-10H,11H2,1-2H3,(H2,27,28,29). The van der Waals surface area contributed by atoms with Crippen LogP contribution in [0.1, 0.15) is 30.7 Å². The van der Waals surface area contributed by atoms with E-state index in [0.29, 0.717) is 0 Å². The lowest BCUT2D eigenvalue weighted by Gasteiger charge is -2.17. The average molecular weight is 489 g/mol. The van der Waals surface area contributed by atoms with E-state index in [0.717, 1.165) is 24.3 Å². The Morgan fingerprint density at radius 3 is 2.32 bits per heavy atom. The van der Waals surface area contributed by atoms with Crippen molar-refractivity contribution in [2.75, 3.05) is 5.73 Å². The molecule has 0 fully saturated rings. The van der Waals surface area contributed by atoms with Crippen LogP contribution in [0.4, 0.5) is 19.1 Å². The summed E-state index contributed by atoms with van der Waals surface area (Å²) >= 11 is 0. The highest BCUT2D eigenvalue weighted by Gasteiger charge is 2.44. The van der Waals surface area contributed by atoms with Gasteiger partial charge in [-0.3, -0.25) is 4.79 Å². The molecule has 2 N–H and O–H groups in total. The van der Waals surface area contributed by atoms with E-state index in [1.54, 1.807) is 0 Å². The van der Waals surface area contributed by atoms with Crippen LogP contribution in [-0.2, 0) is 25.1 Å². The van der Waals surface area contributed by atoms with Crippen LogP contribution in [-0.4, -0.2) is 29.8 Å². The smallest absolute Gasteiger partial charge is 0.220 e. The Hall–Kier alpha value is -3.73. The SMILES string of the molecule is CC1(C)OC(c2ccnc(N)n2)=C(c2cccc(CS(=O)(=O)c3c(F)cccc3F)c2F)C1=O. The highest BCUT2D eigenvalue weighted by molar-refractivity contribution is 7.90. The highest BCUT2D eigenvalue weighted by Crippen LogP contribution is 2.42. The predicted octanol–water partition coefficient (Wildman–Crippen LogP) is 3.70. The lowest BCUT2D eigenvalue weighted by atomic mass is 9.92. The number of nitrogens with two attached hydrogens (primary N) is 1. The Balaban J connectivity index is 1.85. The first-order valence-corrected chi connectivity index (χ1v) is 11.6. The highest BCUT2D eigenvalue weighted by atomic mass is 32.2. The fourth-order valence-corrected chi connectivity index (χ4v) is 5.13. The van der Waals surface area contributed by atoms with Crippen LogP contribution in [0.25, 0.3) is 11.3 Å². The third-order valence-electron chi connectivity index (χ3n) is 5.19. The van der Waals surface area contributed by atoms with Crippen molar-refractivity contribution in [2.45, 2.75) is 30.1 Å². The van der Waals surface area contributed by atoms with Crippen LogP contribution in [0.2, 0.25) is 0 Å². The number of benzene rings is 2. The van der Waals surface area contributed by atoms with Gasteiger partial charge in [-0.25, -0.2) is 31.6 Å². The number of halogens is 3. The van der Waals surface area contributed by atoms with Gasteiger partial charge in [-0.1, -0.05) is 24.3 Å². The van der Waals surface area contributed by atoms with E-state index >= 15 is 4.39 Å². The minimum absolute atomic E-state index is 0.0526. The maximum Gasteiger partial charge on any atom is 0.220 e. The summed E-state index contributed by atoms with van der Waals surface area (Å²) in [6.45, 7) is 2.97.